The standard InChI is InChI=1S/C5H6NS/c1-2-5-3-7-4-6-5/h5H,2H2,1H3. The van der Waals surface area contributed by atoms with Crippen molar-refractivity contribution in [1.82, 2.24) is 0 Å². The summed E-state index contributed by atoms with van der Waals surface area (Å²) >= 11 is 1.44. The van der Waals surface area contributed by atoms with Crippen molar-refractivity contribution >= 4 is 17.3 Å². The molecule has 0 aromatic carbocycles. The fraction of sp³-hybridized carbons (Fsp3) is 0.600. The molecule has 1 rings (SSSR count). The molecule has 37 valence electrons. The van der Waals surface area contributed by atoms with E-state index >= 15 is 0 Å². The van der Waals surface area contributed by atoms with Crippen LogP contribution in [0, 0.1) is 5.75 Å². The normalized spacial score (nSPS) is 29.0. The SMILES string of the molecule is CCC1[C]S[C]=N1. The number of rotatable bonds is 1. The molecule has 7 heavy (non-hydrogen) atoms. The smallest absolute Gasteiger partial charge is 0.123 e. The molecule has 2 heteroatoms. The van der Waals surface area contributed by atoms with Crippen molar-refractivity contribution in [3.05, 3.63) is 5.75 Å². The quantitative estimate of drug-likeness (QED) is 0.500. The molecule has 0 aromatic heterocycles. The fourth-order valence-corrected chi connectivity index (χ4v) is 0.973. The van der Waals surface area contributed by atoms with Gasteiger partial charge < -0.3 is 0 Å². The Morgan fingerprint density at radius 3 is 3.00 bits per heavy atom. The van der Waals surface area contributed by atoms with Crippen LogP contribution in [0.25, 0.3) is 0 Å². The van der Waals surface area contributed by atoms with E-state index in [0.717, 1.165) is 6.42 Å². The molecular formula is C5H6NS. The Bertz CT molecular complexity index is 80.1. The molecule has 1 nitrogen and oxygen atoms in total. The van der Waals surface area contributed by atoms with Crippen LogP contribution in [0.15, 0.2) is 4.99 Å². The first kappa shape index (κ1) is 5.16. The van der Waals surface area contributed by atoms with Crippen LogP contribution in [0.2, 0.25) is 0 Å². The first-order valence-electron chi connectivity index (χ1n) is 2.29. The molecule has 0 amide bonds. The first-order valence-corrected chi connectivity index (χ1v) is 3.11. The van der Waals surface area contributed by atoms with Crippen LogP contribution in [-0.2, 0) is 0 Å². The number of aliphatic imine (C=N–C) groups is 1. The Balaban J connectivity index is 2.28. The first-order chi connectivity index (χ1) is 3.43. The largest absolute Gasteiger partial charge is 0.271 e. The average molecular weight is 112 g/mol. The lowest BCUT2D eigenvalue weighted by Crippen LogP contribution is -1.93. The zero-order valence-corrected chi connectivity index (χ0v) is 4.96. The zero-order valence-electron chi connectivity index (χ0n) is 4.14. The van der Waals surface area contributed by atoms with Gasteiger partial charge in [-0.2, -0.15) is 0 Å². The Labute approximate surface area is 48.2 Å². The van der Waals surface area contributed by atoms with E-state index in [1.165, 1.54) is 11.8 Å². The van der Waals surface area contributed by atoms with Crippen LogP contribution in [0.5, 0.6) is 0 Å². The highest BCUT2D eigenvalue weighted by Crippen LogP contribution is 2.18. The maximum atomic E-state index is 3.96. The monoisotopic (exact) mass is 112 g/mol. The van der Waals surface area contributed by atoms with Crippen molar-refractivity contribution < 1.29 is 0 Å². The van der Waals surface area contributed by atoms with E-state index in [0.29, 0.717) is 6.04 Å². The van der Waals surface area contributed by atoms with E-state index in [-0.39, 0.29) is 0 Å². The molecule has 0 aromatic rings. The van der Waals surface area contributed by atoms with Gasteiger partial charge in [-0.1, -0.05) is 18.7 Å². The highest BCUT2D eigenvalue weighted by atomic mass is 32.2. The van der Waals surface area contributed by atoms with Crippen molar-refractivity contribution in [3.63, 3.8) is 0 Å². The van der Waals surface area contributed by atoms with E-state index in [2.05, 4.69) is 23.2 Å². The molecule has 0 aliphatic carbocycles. The topological polar surface area (TPSA) is 12.4 Å². The van der Waals surface area contributed by atoms with Crippen LogP contribution in [-0.4, -0.2) is 11.6 Å². The van der Waals surface area contributed by atoms with Crippen molar-refractivity contribution in [2.24, 2.45) is 4.99 Å². The van der Waals surface area contributed by atoms with E-state index < -0.39 is 0 Å². The van der Waals surface area contributed by atoms with Gasteiger partial charge in [0.05, 0.1) is 11.8 Å². The van der Waals surface area contributed by atoms with Gasteiger partial charge in [0.2, 0.25) is 0 Å². The lowest BCUT2D eigenvalue weighted by molar-refractivity contribution is 0.782. The second-order valence-corrected chi connectivity index (χ2v) is 1.99. The minimum absolute atomic E-state index is 0.324. The van der Waals surface area contributed by atoms with Crippen LogP contribution in [0.4, 0.5) is 0 Å². The van der Waals surface area contributed by atoms with E-state index in [9.17, 15) is 0 Å². The molecular weight excluding hydrogens is 106 g/mol. The minimum atomic E-state index is 0.324. The van der Waals surface area contributed by atoms with Gasteiger partial charge in [0, 0.05) is 0 Å². The number of hydrogen-bond donors (Lipinski definition) is 0. The van der Waals surface area contributed by atoms with Crippen molar-refractivity contribution in [3.8, 4) is 0 Å². The molecule has 0 spiro atoms. The second-order valence-electron chi connectivity index (χ2n) is 1.36. The molecule has 3 radical (unpaired) electrons. The predicted octanol–water partition coefficient (Wildman–Crippen LogP) is 1.46. The minimum Gasteiger partial charge on any atom is -0.271 e. The molecule has 1 unspecified atom stereocenters. The lowest BCUT2D eigenvalue weighted by atomic mass is 10.3. The average Bonchev–Trinajstić information content (AvgIpc) is 2.14. The molecule has 1 atom stereocenters. The summed E-state index contributed by atoms with van der Waals surface area (Å²) in [6.45, 7) is 2.09. The van der Waals surface area contributed by atoms with Gasteiger partial charge in [0.15, 0.2) is 0 Å². The second kappa shape index (κ2) is 2.36. The number of nitrogens with zero attached hydrogens (tertiary/aromatic N) is 1. The van der Waals surface area contributed by atoms with Gasteiger partial charge in [-0.3, -0.25) is 4.99 Å². The van der Waals surface area contributed by atoms with Crippen LogP contribution in [0.1, 0.15) is 13.3 Å². The third-order valence-electron chi connectivity index (χ3n) is 0.836. The zero-order chi connectivity index (χ0) is 5.11. The summed E-state index contributed by atoms with van der Waals surface area (Å²) in [6, 6.07) is 0.324. The number of thioether (sulfide) groups is 1. The summed E-state index contributed by atoms with van der Waals surface area (Å²) < 4.78 is 0. The summed E-state index contributed by atoms with van der Waals surface area (Å²) in [4.78, 5) is 3.96. The molecule has 0 saturated carbocycles. The summed E-state index contributed by atoms with van der Waals surface area (Å²) in [7, 11) is 0. The summed E-state index contributed by atoms with van der Waals surface area (Å²) in [5.41, 5.74) is 2.75. The third kappa shape index (κ3) is 1.20. The summed E-state index contributed by atoms with van der Waals surface area (Å²) in [5.74, 6) is 3.05. The number of hydrogen-bond acceptors (Lipinski definition) is 2. The van der Waals surface area contributed by atoms with Crippen molar-refractivity contribution in [2.45, 2.75) is 19.4 Å². The highest BCUT2D eigenvalue weighted by Gasteiger charge is 2.08. The van der Waals surface area contributed by atoms with E-state index in [1.807, 2.05) is 0 Å². The van der Waals surface area contributed by atoms with E-state index in [1.54, 1.807) is 0 Å². The molecule has 1 aliphatic rings. The third-order valence-corrected chi connectivity index (χ3v) is 1.42. The maximum Gasteiger partial charge on any atom is 0.123 e. The lowest BCUT2D eigenvalue weighted by Gasteiger charge is -1.94. The van der Waals surface area contributed by atoms with Gasteiger partial charge >= 0.3 is 0 Å². The predicted molar refractivity (Wildman–Crippen MR) is 32.3 cm³/mol. The van der Waals surface area contributed by atoms with Crippen LogP contribution in [0.3, 0.4) is 0 Å². The molecule has 1 aliphatic heterocycles. The van der Waals surface area contributed by atoms with Gasteiger partial charge in [0.25, 0.3) is 0 Å². The van der Waals surface area contributed by atoms with Crippen molar-refractivity contribution in [1.29, 1.82) is 0 Å². The highest BCUT2D eigenvalue weighted by molar-refractivity contribution is 8.14. The Morgan fingerprint density at radius 1 is 1.86 bits per heavy atom. The molecule has 0 saturated heterocycles. The van der Waals surface area contributed by atoms with Crippen LogP contribution >= 0.6 is 11.8 Å². The Hall–Kier alpha value is 0.0200. The molecule has 0 bridgehead atoms. The maximum absolute atomic E-state index is 3.96. The van der Waals surface area contributed by atoms with Crippen molar-refractivity contribution in [2.75, 3.05) is 0 Å². The summed E-state index contributed by atoms with van der Waals surface area (Å²) in [6.07, 6.45) is 1.06. The summed E-state index contributed by atoms with van der Waals surface area (Å²) in [5, 5.41) is 0. The van der Waals surface area contributed by atoms with E-state index in [4.69, 9.17) is 0 Å². The van der Waals surface area contributed by atoms with Gasteiger partial charge in [-0.25, -0.2) is 0 Å². The van der Waals surface area contributed by atoms with Crippen LogP contribution < -0.4 is 0 Å². The van der Waals surface area contributed by atoms with Gasteiger partial charge in [0.1, 0.15) is 5.55 Å². The fourth-order valence-electron chi connectivity index (χ4n) is 0.385. The Kier molecular flexibility index (Phi) is 1.74. The molecule has 0 N–H and O–H groups in total. The van der Waals surface area contributed by atoms with Gasteiger partial charge in [-0.05, 0) is 6.42 Å². The molecule has 0 fully saturated rings. The van der Waals surface area contributed by atoms with Gasteiger partial charge in [-0.15, -0.1) is 0 Å². The Morgan fingerprint density at radius 2 is 2.71 bits per heavy atom. The molecule has 1 heterocycles.